The van der Waals surface area contributed by atoms with Crippen molar-refractivity contribution < 1.29 is 23.1 Å². The van der Waals surface area contributed by atoms with Gasteiger partial charge in [-0.2, -0.15) is 13.2 Å². The lowest BCUT2D eigenvalue weighted by Crippen LogP contribution is -2.10. The number of ketones is 1. The number of rotatable bonds is 3. The lowest BCUT2D eigenvalue weighted by molar-refractivity contribution is -0.137. The normalized spacial score (nSPS) is 11.8. The standard InChI is InChI=1S/C19H13Cl2F3N2O2/c1-8-4-10(19(22,23)24)5-13-11(8)6-14(26(13)3)17(28)15-16(20)12(9(2)27)7-25-18(15)21/h4-7,27H,2H2,1,3H3. The van der Waals surface area contributed by atoms with E-state index in [4.69, 9.17) is 23.2 Å². The fourth-order valence-electron chi connectivity index (χ4n) is 2.98. The second-order valence-corrected chi connectivity index (χ2v) is 6.98. The maximum atomic E-state index is 13.1. The molecule has 1 aromatic carbocycles. The molecular formula is C19H13Cl2F3N2O2. The van der Waals surface area contributed by atoms with Gasteiger partial charge >= 0.3 is 6.18 Å². The first-order chi connectivity index (χ1) is 12.9. The van der Waals surface area contributed by atoms with Crippen LogP contribution in [0.5, 0.6) is 0 Å². The first-order valence-electron chi connectivity index (χ1n) is 7.87. The Morgan fingerprint density at radius 1 is 1.25 bits per heavy atom. The average molecular weight is 429 g/mol. The molecule has 0 spiro atoms. The maximum absolute atomic E-state index is 13.1. The van der Waals surface area contributed by atoms with Crippen LogP contribution in [0.4, 0.5) is 13.2 Å². The van der Waals surface area contributed by atoms with E-state index in [2.05, 4.69) is 11.6 Å². The number of pyridine rings is 1. The van der Waals surface area contributed by atoms with Crippen LogP contribution in [-0.2, 0) is 13.2 Å². The van der Waals surface area contributed by atoms with Crippen molar-refractivity contribution >= 4 is 45.6 Å². The smallest absolute Gasteiger partial charge is 0.416 e. The SMILES string of the molecule is C=C(O)c1cnc(Cl)c(C(=O)c2cc3c(C)cc(C(F)(F)F)cc3n2C)c1Cl. The lowest BCUT2D eigenvalue weighted by atomic mass is 10.1. The van der Waals surface area contributed by atoms with Crippen LogP contribution in [0.1, 0.15) is 32.7 Å². The van der Waals surface area contributed by atoms with Crippen LogP contribution in [0.3, 0.4) is 0 Å². The van der Waals surface area contributed by atoms with Crippen LogP contribution in [0.2, 0.25) is 10.2 Å². The number of aliphatic hydroxyl groups is 1. The minimum absolute atomic E-state index is 0.0312. The van der Waals surface area contributed by atoms with Crippen LogP contribution < -0.4 is 0 Å². The van der Waals surface area contributed by atoms with Crippen LogP contribution in [0, 0.1) is 6.92 Å². The number of fused-ring (bicyclic) bond motifs is 1. The molecule has 0 fully saturated rings. The van der Waals surface area contributed by atoms with Crippen molar-refractivity contribution in [1.82, 2.24) is 9.55 Å². The predicted molar refractivity (Wildman–Crippen MR) is 102 cm³/mol. The zero-order valence-corrected chi connectivity index (χ0v) is 16.2. The molecule has 2 heterocycles. The van der Waals surface area contributed by atoms with Crippen molar-refractivity contribution in [2.45, 2.75) is 13.1 Å². The molecule has 3 aromatic rings. The molecule has 0 radical (unpaired) electrons. The Bertz CT molecular complexity index is 1150. The highest BCUT2D eigenvalue weighted by atomic mass is 35.5. The lowest BCUT2D eigenvalue weighted by Gasteiger charge is -2.11. The van der Waals surface area contributed by atoms with Gasteiger partial charge in [0.2, 0.25) is 5.78 Å². The Morgan fingerprint density at radius 3 is 2.46 bits per heavy atom. The summed E-state index contributed by atoms with van der Waals surface area (Å²) in [4.78, 5) is 16.9. The van der Waals surface area contributed by atoms with Gasteiger partial charge in [-0.3, -0.25) is 4.79 Å². The number of benzene rings is 1. The molecule has 0 aliphatic carbocycles. The Labute approximate surface area is 167 Å². The number of aliphatic hydroxyl groups excluding tert-OH is 1. The summed E-state index contributed by atoms with van der Waals surface area (Å²) in [6, 6.07) is 3.47. The number of halogens is 5. The molecule has 3 rings (SSSR count). The molecule has 0 saturated carbocycles. The minimum atomic E-state index is -4.51. The fourth-order valence-corrected chi connectivity index (χ4v) is 3.59. The van der Waals surface area contributed by atoms with Crippen LogP contribution >= 0.6 is 23.2 Å². The fraction of sp³-hybridized carbons (Fsp3) is 0.158. The molecule has 0 atom stereocenters. The van der Waals surface area contributed by atoms with Gasteiger partial charge in [-0.25, -0.2) is 4.98 Å². The van der Waals surface area contributed by atoms with Gasteiger partial charge < -0.3 is 9.67 Å². The van der Waals surface area contributed by atoms with E-state index in [1.54, 1.807) is 0 Å². The number of aromatic nitrogens is 2. The zero-order chi connectivity index (χ0) is 21.0. The van der Waals surface area contributed by atoms with E-state index in [1.807, 2.05) is 0 Å². The van der Waals surface area contributed by atoms with E-state index in [-0.39, 0.29) is 32.5 Å². The summed E-state index contributed by atoms with van der Waals surface area (Å²) in [6.07, 6.45) is -3.34. The average Bonchev–Trinajstić information content (AvgIpc) is 2.91. The zero-order valence-electron chi connectivity index (χ0n) is 14.7. The topological polar surface area (TPSA) is 55.1 Å². The van der Waals surface area contributed by atoms with Crippen molar-refractivity contribution in [3.05, 3.63) is 69.1 Å². The number of alkyl halides is 3. The van der Waals surface area contributed by atoms with Crippen LogP contribution in [0.25, 0.3) is 16.7 Å². The molecule has 146 valence electrons. The number of aryl methyl sites for hydroxylation is 2. The molecule has 0 aliphatic heterocycles. The molecule has 0 amide bonds. The van der Waals surface area contributed by atoms with E-state index >= 15 is 0 Å². The highest BCUT2D eigenvalue weighted by molar-refractivity contribution is 6.41. The van der Waals surface area contributed by atoms with Gasteiger partial charge in [0.15, 0.2) is 0 Å². The van der Waals surface area contributed by atoms with Gasteiger partial charge in [-0.15, -0.1) is 0 Å². The van der Waals surface area contributed by atoms with E-state index in [9.17, 15) is 23.1 Å². The highest BCUT2D eigenvalue weighted by Gasteiger charge is 2.32. The highest BCUT2D eigenvalue weighted by Crippen LogP contribution is 2.36. The van der Waals surface area contributed by atoms with Crippen molar-refractivity contribution in [1.29, 1.82) is 0 Å². The van der Waals surface area contributed by atoms with Crippen molar-refractivity contribution in [2.75, 3.05) is 0 Å². The Balaban J connectivity index is 2.24. The quantitative estimate of drug-likeness (QED) is 0.317. The van der Waals surface area contributed by atoms with Crippen molar-refractivity contribution in [3.8, 4) is 0 Å². The van der Waals surface area contributed by atoms with Crippen molar-refractivity contribution in [3.63, 3.8) is 0 Å². The minimum Gasteiger partial charge on any atom is -0.508 e. The van der Waals surface area contributed by atoms with Crippen LogP contribution in [0.15, 0.2) is 31.0 Å². The van der Waals surface area contributed by atoms with E-state index in [1.165, 1.54) is 30.8 Å². The third-order valence-corrected chi connectivity index (χ3v) is 5.12. The third kappa shape index (κ3) is 3.25. The van der Waals surface area contributed by atoms with E-state index in [0.29, 0.717) is 10.9 Å². The summed E-state index contributed by atoms with van der Waals surface area (Å²) in [5.41, 5.74) is -0.275. The number of hydrogen-bond donors (Lipinski definition) is 1. The molecule has 0 unspecified atom stereocenters. The van der Waals surface area contributed by atoms with Gasteiger partial charge in [0.1, 0.15) is 10.9 Å². The van der Waals surface area contributed by atoms with Gasteiger partial charge in [0, 0.05) is 24.1 Å². The number of carbonyl (C=O) groups excluding carboxylic acids is 1. The molecule has 0 saturated heterocycles. The Kier molecular flexibility index (Phi) is 4.93. The van der Waals surface area contributed by atoms with Gasteiger partial charge in [0.05, 0.1) is 27.4 Å². The van der Waals surface area contributed by atoms with E-state index < -0.39 is 23.3 Å². The number of nitrogens with zero attached hydrogens (tertiary/aromatic N) is 2. The van der Waals surface area contributed by atoms with Gasteiger partial charge in [0.25, 0.3) is 0 Å². The Morgan fingerprint density at radius 2 is 1.89 bits per heavy atom. The molecule has 2 aromatic heterocycles. The second kappa shape index (κ2) is 6.83. The summed E-state index contributed by atoms with van der Waals surface area (Å²) in [7, 11) is 1.47. The van der Waals surface area contributed by atoms with Gasteiger partial charge in [-0.05, 0) is 30.7 Å². The molecule has 4 nitrogen and oxygen atoms in total. The molecule has 9 heteroatoms. The molecule has 0 bridgehead atoms. The summed E-state index contributed by atoms with van der Waals surface area (Å²) >= 11 is 12.2. The largest absolute Gasteiger partial charge is 0.508 e. The van der Waals surface area contributed by atoms with Gasteiger partial charge in [-0.1, -0.05) is 29.8 Å². The second-order valence-electron chi connectivity index (χ2n) is 6.24. The summed E-state index contributed by atoms with van der Waals surface area (Å²) < 4.78 is 40.7. The summed E-state index contributed by atoms with van der Waals surface area (Å²) in [5, 5.41) is 9.75. The summed E-state index contributed by atoms with van der Waals surface area (Å²) in [6.45, 7) is 4.88. The predicted octanol–water partition coefficient (Wildman–Crippen LogP) is 5.97. The molecule has 0 aliphatic rings. The summed E-state index contributed by atoms with van der Waals surface area (Å²) in [5.74, 6) is -1.04. The molecular weight excluding hydrogens is 416 g/mol. The monoisotopic (exact) mass is 428 g/mol. The molecule has 1 N–H and O–H groups in total. The van der Waals surface area contributed by atoms with Crippen LogP contribution in [-0.4, -0.2) is 20.4 Å². The molecule has 28 heavy (non-hydrogen) atoms. The first kappa shape index (κ1) is 20.2. The first-order valence-corrected chi connectivity index (χ1v) is 8.63. The van der Waals surface area contributed by atoms with Crippen molar-refractivity contribution in [2.24, 2.45) is 7.05 Å². The third-order valence-electron chi connectivity index (χ3n) is 4.44. The maximum Gasteiger partial charge on any atom is 0.416 e. The number of carbonyl (C=O) groups is 1. The Hall–Kier alpha value is -2.51. The van der Waals surface area contributed by atoms with E-state index in [0.717, 1.165) is 12.1 Å². The number of hydrogen-bond acceptors (Lipinski definition) is 3.